The smallest absolute Gasteiger partial charge is 0.339 e. The maximum absolute atomic E-state index is 11.4. The molecule has 98 valence electrons. The van der Waals surface area contributed by atoms with Crippen LogP contribution in [0.3, 0.4) is 0 Å². The van der Waals surface area contributed by atoms with Crippen LogP contribution in [-0.4, -0.2) is 33.8 Å². The average Bonchev–Trinajstić information content (AvgIpc) is 2.86. The van der Waals surface area contributed by atoms with Gasteiger partial charge in [0.15, 0.2) is 5.69 Å². The molecule has 0 bridgehead atoms. The van der Waals surface area contributed by atoms with Crippen LogP contribution in [0.25, 0.3) is 5.69 Å². The SMILES string of the molecule is CNC(=O)c1ccn(-c2cccc(Cl)c2C(=O)O)n1. The Morgan fingerprint density at radius 2 is 2.11 bits per heavy atom. The normalized spacial score (nSPS) is 10.2. The van der Waals surface area contributed by atoms with E-state index >= 15 is 0 Å². The predicted molar refractivity (Wildman–Crippen MR) is 68.9 cm³/mol. The van der Waals surface area contributed by atoms with Crippen LogP contribution in [0, 0.1) is 0 Å². The molecule has 2 N–H and O–H groups in total. The molecule has 2 rings (SSSR count). The minimum absolute atomic E-state index is 0.0595. The van der Waals surface area contributed by atoms with E-state index in [0.29, 0.717) is 5.69 Å². The molecule has 19 heavy (non-hydrogen) atoms. The fourth-order valence-electron chi connectivity index (χ4n) is 1.62. The lowest BCUT2D eigenvalue weighted by Gasteiger charge is -2.07. The fourth-order valence-corrected chi connectivity index (χ4v) is 1.87. The molecule has 0 radical (unpaired) electrons. The van der Waals surface area contributed by atoms with E-state index in [9.17, 15) is 9.59 Å². The highest BCUT2D eigenvalue weighted by molar-refractivity contribution is 6.34. The van der Waals surface area contributed by atoms with Gasteiger partial charge in [-0.25, -0.2) is 9.48 Å². The van der Waals surface area contributed by atoms with Gasteiger partial charge in [0.05, 0.1) is 10.7 Å². The van der Waals surface area contributed by atoms with E-state index in [0.717, 1.165) is 0 Å². The summed E-state index contributed by atoms with van der Waals surface area (Å²) < 4.78 is 1.31. The Hall–Kier alpha value is -2.34. The van der Waals surface area contributed by atoms with Crippen LogP contribution in [-0.2, 0) is 0 Å². The first kappa shape index (κ1) is 13.1. The summed E-state index contributed by atoms with van der Waals surface area (Å²) in [5.74, 6) is -1.50. The standard InChI is InChI=1S/C12H10ClN3O3/c1-14-11(17)8-5-6-16(15-8)9-4-2-3-7(13)10(9)12(18)19/h2-6H,1H3,(H,14,17)(H,18,19). The Bertz CT molecular complexity index is 651. The highest BCUT2D eigenvalue weighted by atomic mass is 35.5. The summed E-state index contributed by atoms with van der Waals surface area (Å²) in [5, 5.41) is 15.7. The number of carboxylic acid groups (broad SMARTS) is 1. The Balaban J connectivity index is 2.53. The van der Waals surface area contributed by atoms with Crippen LogP contribution in [0.2, 0.25) is 5.02 Å². The first-order chi connectivity index (χ1) is 9.04. The van der Waals surface area contributed by atoms with Crippen LogP contribution >= 0.6 is 11.6 Å². The molecular weight excluding hydrogens is 270 g/mol. The van der Waals surface area contributed by atoms with Crippen molar-refractivity contribution in [2.75, 3.05) is 7.05 Å². The van der Waals surface area contributed by atoms with Crippen molar-refractivity contribution < 1.29 is 14.7 Å². The molecule has 0 aliphatic carbocycles. The molecule has 0 unspecified atom stereocenters. The molecule has 0 saturated carbocycles. The van der Waals surface area contributed by atoms with Gasteiger partial charge >= 0.3 is 5.97 Å². The number of aromatic carboxylic acids is 1. The predicted octanol–water partition coefficient (Wildman–Crippen LogP) is 1.58. The molecule has 0 fully saturated rings. The van der Waals surface area contributed by atoms with E-state index in [1.54, 1.807) is 12.1 Å². The van der Waals surface area contributed by atoms with Gasteiger partial charge in [-0.15, -0.1) is 0 Å². The lowest BCUT2D eigenvalue weighted by molar-refractivity contribution is 0.0696. The summed E-state index contributed by atoms with van der Waals surface area (Å²) in [6.07, 6.45) is 1.50. The van der Waals surface area contributed by atoms with E-state index in [2.05, 4.69) is 10.4 Å². The van der Waals surface area contributed by atoms with E-state index in [-0.39, 0.29) is 22.2 Å². The number of carboxylic acids is 1. The third-order valence-electron chi connectivity index (χ3n) is 2.50. The summed E-state index contributed by atoms with van der Waals surface area (Å²) in [6.45, 7) is 0. The van der Waals surface area contributed by atoms with Crippen LogP contribution in [0.4, 0.5) is 0 Å². The molecule has 0 atom stereocenters. The zero-order chi connectivity index (χ0) is 14.0. The first-order valence-corrected chi connectivity index (χ1v) is 5.72. The number of rotatable bonds is 3. The number of carbonyl (C=O) groups is 2. The molecule has 0 aliphatic rings. The van der Waals surface area contributed by atoms with Gasteiger partial charge in [-0.1, -0.05) is 17.7 Å². The van der Waals surface area contributed by atoms with Gasteiger partial charge in [-0.05, 0) is 18.2 Å². The molecule has 2 aromatic rings. The molecule has 1 heterocycles. The van der Waals surface area contributed by atoms with E-state index in [1.807, 2.05) is 0 Å². The fraction of sp³-hybridized carbons (Fsp3) is 0.0833. The van der Waals surface area contributed by atoms with Crippen molar-refractivity contribution in [2.45, 2.75) is 0 Å². The van der Waals surface area contributed by atoms with Crippen molar-refractivity contribution in [2.24, 2.45) is 0 Å². The van der Waals surface area contributed by atoms with Crippen molar-refractivity contribution in [3.63, 3.8) is 0 Å². The van der Waals surface area contributed by atoms with Crippen molar-refractivity contribution in [3.05, 3.63) is 46.7 Å². The van der Waals surface area contributed by atoms with Crippen molar-refractivity contribution in [1.29, 1.82) is 0 Å². The average molecular weight is 280 g/mol. The highest BCUT2D eigenvalue weighted by Gasteiger charge is 2.17. The summed E-state index contributed by atoms with van der Waals surface area (Å²) in [5.41, 5.74) is 0.435. The van der Waals surface area contributed by atoms with Gasteiger partial charge in [0.1, 0.15) is 5.56 Å². The Morgan fingerprint density at radius 1 is 1.37 bits per heavy atom. The third-order valence-corrected chi connectivity index (χ3v) is 2.82. The van der Waals surface area contributed by atoms with Gasteiger partial charge < -0.3 is 10.4 Å². The van der Waals surface area contributed by atoms with Gasteiger partial charge in [0.25, 0.3) is 5.91 Å². The molecule has 1 aromatic heterocycles. The Labute approximate surface area is 113 Å². The first-order valence-electron chi connectivity index (χ1n) is 5.34. The molecule has 7 heteroatoms. The molecule has 0 spiro atoms. The second-order valence-corrected chi connectivity index (χ2v) is 4.07. The summed E-state index contributed by atoms with van der Waals surface area (Å²) >= 11 is 5.87. The molecule has 0 saturated heterocycles. The zero-order valence-corrected chi connectivity index (χ0v) is 10.7. The third kappa shape index (κ3) is 2.43. The van der Waals surface area contributed by atoms with Crippen molar-refractivity contribution in [3.8, 4) is 5.69 Å². The second-order valence-electron chi connectivity index (χ2n) is 3.66. The van der Waals surface area contributed by atoms with Gasteiger partial charge in [-0.2, -0.15) is 5.10 Å². The number of carbonyl (C=O) groups excluding carboxylic acids is 1. The topological polar surface area (TPSA) is 84.2 Å². The maximum atomic E-state index is 11.4. The van der Waals surface area contributed by atoms with Crippen LogP contribution in [0.5, 0.6) is 0 Å². The maximum Gasteiger partial charge on any atom is 0.339 e. The zero-order valence-electron chi connectivity index (χ0n) is 9.92. The van der Waals surface area contributed by atoms with Crippen molar-refractivity contribution >= 4 is 23.5 Å². The minimum Gasteiger partial charge on any atom is -0.478 e. The molecular formula is C12H10ClN3O3. The Morgan fingerprint density at radius 3 is 2.74 bits per heavy atom. The number of nitrogens with zero attached hydrogens (tertiary/aromatic N) is 2. The van der Waals surface area contributed by atoms with E-state index < -0.39 is 5.97 Å². The summed E-state index contributed by atoms with van der Waals surface area (Å²) in [6, 6.07) is 6.16. The quantitative estimate of drug-likeness (QED) is 0.893. The summed E-state index contributed by atoms with van der Waals surface area (Å²) in [7, 11) is 1.49. The van der Waals surface area contributed by atoms with Gasteiger partial charge in [0, 0.05) is 13.2 Å². The number of amides is 1. The van der Waals surface area contributed by atoms with Crippen molar-refractivity contribution in [1.82, 2.24) is 15.1 Å². The lowest BCUT2D eigenvalue weighted by atomic mass is 10.2. The van der Waals surface area contributed by atoms with Crippen LogP contribution < -0.4 is 5.32 Å². The van der Waals surface area contributed by atoms with Crippen LogP contribution in [0.1, 0.15) is 20.8 Å². The van der Waals surface area contributed by atoms with Gasteiger partial charge in [-0.3, -0.25) is 4.79 Å². The van der Waals surface area contributed by atoms with Gasteiger partial charge in [0.2, 0.25) is 0 Å². The summed E-state index contributed by atoms with van der Waals surface area (Å²) in [4.78, 5) is 22.6. The minimum atomic E-state index is -1.16. The second kappa shape index (κ2) is 5.11. The molecule has 0 aliphatic heterocycles. The van der Waals surface area contributed by atoms with E-state index in [1.165, 1.54) is 30.1 Å². The number of hydrogen-bond acceptors (Lipinski definition) is 3. The number of benzene rings is 1. The number of nitrogens with one attached hydrogen (secondary N) is 1. The Kier molecular flexibility index (Phi) is 3.52. The molecule has 6 nitrogen and oxygen atoms in total. The highest BCUT2D eigenvalue weighted by Crippen LogP contribution is 2.23. The number of hydrogen-bond donors (Lipinski definition) is 2. The number of halogens is 1. The van der Waals surface area contributed by atoms with Crippen LogP contribution in [0.15, 0.2) is 30.5 Å². The number of aromatic nitrogens is 2. The lowest BCUT2D eigenvalue weighted by Crippen LogP contribution is -2.18. The largest absolute Gasteiger partial charge is 0.478 e. The molecule has 1 amide bonds. The van der Waals surface area contributed by atoms with E-state index in [4.69, 9.17) is 16.7 Å². The molecule has 1 aromatic carbocycles. The monoisotopic (exact) mass is 279 g/mol.